The maximum atomic E-state index is 13.0. The van der Waals surface area contributed by atoms with Crippen LogP contribution in [0.1, 0.15) is 37.3 Å². The predicted molar refractivity (Wildman–Crippen MR) is 144 cm³/mol. The van der Waals surface area contributed by atoms with Gasteiger partial charge in [-0.3, -0.25) is 14.7 Å². The standard InChI is InChI=1S/C27H29N7O3S/c1-38(36,37)25-24(18-11-19-8-9-20(12-18)33(19)15-23(28)35)32-27-21(14-31-34(27)26(25)29)17-7-10-22(30-13-17)16-5-3-2-4-6-16/h2-7,10,13-14,18-20H,8-9,11-12,15,29H2,1H3,(H2,28,35)/t18-,19-,20+. The molecular weight excluding hydrogens is 502 g/mol. The van der Waals surface area contributed by atoms with E-state index in [1.807, 2.05) is 42.5 Å². The van der Waals surface area contributed by atoms with Crippen molar-refractivity contribution in [3.8, 4) is 22.4 Å². The number of aromatic nitrogens is 4. The van der Waals surface area contributed by atoms with Gasteiger partial charge in [0, 0.05) is 47.1 Å². The molecule has 196 valence electrons. The number of pyridine rings is 1. The average molecular weight is 532 g/mol. The zero-order valence-electron chi connectivity index (χ0n) is 21.0. The summed E-state index contributed by atoms with van der Waals surface area (Å²) in [6.45, 7) is 0.217. The van der Waals surface area contributed by atoms with Gasteiger partial charge in [-0.25, -0.2) is 13.4 Å². The Morgan fingerprint density at radius 1 is 1.03 bits per heavy atom. The highest BCUT2D eigenvalue weighted by atomic mass is 32.2. The minimum atomic E-state index is -3.69. The zero-order chi connectivity index (χ0) is 26.6. The summed E-state index contributed by atoms with van der Waals surface area (Å²) < 4.78 is 27.3. The summed E-state index contributed by atoms with van der Waals surface area (Å²) in [5.41, 5.74) is 16.3. The lowest BCUT2D eigenvalue weighted by Crippen LogP contribution is -2.46. The molecule has 10 nitrogen and oxygen atoms in total. The molecule has 0 aliphatic carbocycles. The Morgan fingerprint density at radius 3 is 2.34 bits per heavy atom. The van der Waals surface area contributed by atoms with E-state index in [-0.39, 0.29) is 41.2 Å². The van der Waals surface area contributed by atoms with E-state index >= 15 is 0 Å². The van der Waals surface area contributed by atoms with Crippen molar-refractivity contribution >= 4 is 27.2 Å². The number of amides is 1. The third-order valence-electron chi connectivity index (χ3n) is 7.79. The fourth-order valence-electron chi connectivity index (χ4n) is 6.15. The lowest BCUT2D eigenvalue weighted by molar-refractivity contribution is -0.120. The molecule has 2 fully saturated rings. The molecule has 5 heterocycles. The van der Waals surface area contributed by atoms with Crippen molar-refractivity contribution in [2.45, 2.75) is 48.6 Å². The SMILES string of the molecule is CS(=O)(=O)c1c([C@@H]2C[C@H]3CC[C@@H](C2)N3CC(N)=O)nc2c(-c3ccc(-c4ccccc4)nc3)cnn2c1N. The Bertz CT molecular complexity index is 1620. The smallest absolute Gasteiger partial charge is 0.231 e. The van der Waals surface area contributed by atoms with Gasteiger partial charge in [-0.05, 0) is 31.7 Å². The number of anilines is 1. The van der Waals surface area contributed by atoms with Crippen LogP contribution in [0.5, 0.6) is 0 Å². The normalized spacial score (nSPS) is 21.7. The van der Waals surface area contributed by atoms with Gasteiger partial charge in [0.25, 0.3) is 0 Å². The Kier molecular flexibility index (Phi) is 5.92. The summed E-state index contributed by atoms with van der Waals surface area (Å²) in [7, 11) is -3.69. The maximum absolute atomic E-state index is 13.0. The molecule has 38 heavy (non-hydrogen) atoms. The number of nitrogens with two attached hydrogens (primary N) is 2. The lowest BCUT2D eigenvalue weighted by atomic mass is 9.87. The Balaban J connectivity index is 1.43. The van der Waals surface area contributed by atoms with Crippen LogP contribution in [0.3, 0.4) is 0 Å². The molecular formula is C27H29N7O3S. The highest BCUT2D eigenvalue weighted by molar-refractivity contribution is 7.91. The monoisotopic (exact) mass is 531 g/mol. The van der Waals surface area contributed by atoms with Gasteiger partial charge in [-0.15, -0.1) is 0 Å². The van der Waals surface area contributed by atoms with Gasteiger partial charge in [0.15, 0.2) is 15.5 Å². The highest BCUT2D eigenvalue weighted by Gasteiger charge is 2.43. The lowest BCUT2D eigenvalue weighted by Gasteiger charge is -2.38. The van der Waals surface area contributed by atoms with Crippen LogP contribution >= 0.6 is 0 Å². The predicted octanol–water partition coefficient (Wildman–Crippen LogP) is 2.64. The topological polar surface area (TPSA) is 150 Å². The van der Waals surface area contributed by atoms with Crippen molar-refractivity contribution in [2.75, 3.05) is 18.5 Å². The van der Waals surface area contributed by atoms with Crippen LogP contribution in [0.2, 0.25) is 0 Å². The van der Waals surface area contributed by atoms with E-state index in [1.54, 1.807) is 12.4 Å². The van der Waals surface area contributed by atoms with Gasteiger partial charge < -0.3 is 11.5 Å². The van der Waals surface area contributed by atoms with Gasteiger partial charge in [-0.2, -0.15) is 9.61 Å². The number of primary amides is 1. The molecule has 0 radical (unpaired) electrons. The number of carbonyl (C=O) groups is 1. The molecule has 6 rings (SSSR count). The summed E-state index contributed by atoms with van der Waals surface area (Å²) >= 11 is 0. The Hall–Kier alpha value is -3.83. The first-order valence-electron chi connectivity index (χ1n) is 12.6. The largest absolute Gasteiger partial charge is 0.382 e. The van der Waals surface area contributed by atoms with Crippen molar-refractivity contribution in [3.05, 3.63) is 60.6 Å². The van der Waals surface area contributed by atoms with E-state index in [1.165, 1.54) is 4.52 Å². The molecule has 2 aliphatic rings. The molecule has 1 aromatic carbocycles. The maximum Gasteiger partial charge on any atom is 0.231 e. The van der Waals surface area contributed by atoms with Gasteiger partial charge in [0.2, 0.25) is 5.91 Å². The van der Waals surface area contributed by atoms with Crippen molar-refractivity contribution < 1.29 is 13.2 Å². The number of sulfone groups is 1. The molecule has 11 heteroatoms. The molecule has 1 amide bonds. The number of fused-ring (bicyclic) bond motifs is 3. The van der Waals surface area contributed by atoms with E-state index < -0.39 is 9.84 Å². The van der Waals surface area contributed by atoms with E-state index in [9.17, 15) is 13.2 Å². The second-order valence-electron chi connectivity index (χ2n) is 10.3. The average Bonchev–Trinajstić information content (AvgIpc) is 3.40. The molecule has 3 aromatic heterocycles. The van der Waals surface area contributed by atoms with E-state index in [0.29, 0.717) is 24.2 Å². The summed E-state index contributed by atoms with van der Waals surface area (Å²) in [6.07, 6.45) is 7.83. The van der Waals surface area contributed by atoms with Crippen molar-refractivity contribution in [3.63, 3.8) is 0 Å². The second kappa shape index (κ2) is 9.17. The zero-order valence-corrected chi connectivity index (χ0v) is 21.8. The summed E-state index contributed by atoms with van der Waals surface area (Å²) in [5.74, 6) is -0.411. The first-order valence-corrected chi connectivity index (χ1v) is 14.5. The molecule has 0 unspecified atom stereocenters. The quantitative estimate of drug-likeness (QED) is 0.386. The van der Waals surface area contributed by atoms with Crippen molar-refractivity contribution in [2.24, 2.45) is 5.73 Å². The molecule has 0 saturated carbocycles. The molecule has 4 aromatic rings. The molecule has 2 aliphatic heterocycles. The number of nitrogen functional groups attached to an aromatic ring is 1. The van der Waals surface area contributed by atoms with Crippen LogP contribution in [0.25, 0.3) is 28.0 Å². The number of carbonyl (C=O) groups excluding carboxylic acids is 1. The van der Waals surface area contributed by atoms with E-state index in [0.717, 1.165) is 41.5 Å². The minimum absolute atomic E-state index is 0.0324. The first kappa shape index (κ1) is 24.5. The summed E-state index contributed by atoms with van der Waals surface area (Å²) in [6, 6.07) is 14.1. The van der Waals surface area contributed by atoms with Gasteiger partial charge in [0.05, 0.1) is 24.1 Å². The number of hydrogen-bond donors (Lipinski definition) is 2. The number of piperidine rings is 1. The van der Waals surface area contributed by atoms with Crippen LogP contribution in [0.15, 0.2) is 59.8 Å². The number of rotatable bonds is 6. The fraction of sp³-hybridized carbons (Fsp3) is 0.333. The third-order valence-corrected chi connectivity index (χ3v) is 8.95. The number of nitrogens with zero attached hydrogens (tertiary/aromatic N) is 5. The molecule has 2 bridgehead atoms. The first-order chi connectivity index (χ1) is 18.2. The van der Waals surface area contributed by atoms with Gasteiger partial charge in [-0.1, -0.05) is 36.4 Å². The van der Waals surface area contributed by atoms with Crippen LogP contribution in [-0.2, 0) is 14.6 Å². The Labute approximate surface area is 220 Å². The van der Waals surface area contributed by atoms with Gasteiger partial charge >= 0.3 is 0 Å². The summed E-state index contributed by atoms with van der Waals surface area (Å²) in [5, 5.41) is 4.40. The minimum Gasteiger partial charge on any atom is -0.382 e. The Morgan fingerprint density at radius 2 is 1.74 bits per heavy atom. The van der Waals surface area contributed by atoms with Crippen molar-refractivity contribution in [1.29, 1.82) is 0 Å². The third kappa shape index (κ3) is 4.21. The molecule has 3 atom stereocenters. The van der Waals surface area contributed by atoms with Crippen LogP contribution < -0.4 is 11.5 Å². The van der Waals surface area contributed by atoms with Gasteiger partial charge in [0.1, 0.15) is 10.7 Å². The highest BCUT2D eigenvalue weighted by Crippen LogP contribution is 2.45. The fourth-order valence-corrected chi connectivity index (χ4v) is 7.21. The second-order valence-corrected chi connectivity index (χ2v) is 12.2. The number of hydrogen-bond acceptors (Lipinski definition) is 8. The van der Waals surface area contributed by atoms with Crippen LogP contribution in [0, 0.1) is 0 Å². The molecule has 2 saturated heterocycles. The van der Waals surface area contributed by atoms with E-state index in [4.69, 9.17) is 16.5 Å². The van der Waals surface area contributed by atoms with Crippen molar-refractivity contribution in [1.82, 2.24) is 24.5 Å². The summed E-state index contributed by atoms with van der Waals surface area (Å²) in [4.78, 5) is 23.4. The van der Waals surface area contributed by atoms with Crippen LogP contribution in [-0.4, -0.2) is 63.7 Å². The molecule has 4 N–H and O–H groups in total. The van der Waals surface area contributed by atoms with Crippen LogP contribution in [0.4, 0.5) is 5.82 Å². The van der Waals surface area contributed by atoms with E-state index in [2.05, 4.69) is 15.0 Å². The number of benzene rings is 1. The molecule has 0 spiro atoms.